The maximum atomic E-state index is 8.94. The van der Waals surface area contributed by atoms with E-state index in [1.54, 1.807) is 0 Å². The number of pyridine rings is 1. The molecule has 0 amide bonds. The number of aliphatic hydroxyl groups is 1. The number of fused-ring (bicyclic) bond motifs is 1. The predicted molar refractivity (Wildman–Crippen MR) is 96.6 cm³/mol. The van der Waals surface area contributed by atoms with E-state index in [0.717, 1.165) is 17.6 Å². The lowest BCUT2D eigenvalue weighted by molar-refractivity contribution is 0.197. The maximum absolute atomic E-state index is 8.94. The zero-order valence-corrected chi connectivity index (χ0v) is 14.5. The fourth-order valence-electron chi connectivity index (χ4n) is 2.89. The van der Waals surface area contributed by atoms with E-state index in [1.807, 2.05) is 18.2 Å². The number of aromatic nitrogens is 2. The summed E-state index contributed by atoms with van der Waals surface area (Å²) < 4.78 is 7.75. The van der Waals surface area contributed by atoms with Crippen LogP contribution in [0.5, 0.6) is 5.88 Å². The quantitative estimate of drug-likeness (QED) is 0.777. The molecule has 1 N–H and O–H groups in total. The van der Waals surface area contributed by atoms with Gasteiger partial charge in [-0.05, 0) is 17.7 Å². The molecule has 0 radical (unpaired) electrons. The molecule has 2 heterocycles. The molecule has 0 spiro atoms. The summed E-state index contributed by atoms with van der Waals surface area (Å²) in [5, 5.41) is 10.0. The highest BCUT2D eigenvalue weighted by molar-refractivity contribution is 5.78. The predicted octanol–water partition coefficient (Wildman–Crippen LogP) is 3.75. The molecule has 1 aromatic carbocycles. The maximum Gasteiger partial charge on any atom is 0.215 e. The van der Waals surface area contributed by atoms with Crippen LogP contribution in [0.25, 0.3) is 11.0 Å². The van der Waals surface area contributed by atoms with Crippen molar-refractivity contribution >= 4 is 11.0 Å². The van der Waals surface area contributed by atoms with Crippen molar-refractivity contribution in [1.29, 1.82) is 0 Å². The average molecular weight is 324 g/mol. The minimum absolute atomic E-state index is 0.0155. The van der Waals surface area contributed by atoms with Gasteiger partial charge in [0.1, 0.15) is 12.3 Å². The van der Waals surface area contributed by atoms with Gasteiger partial charge in [-0.3, -0.25) is 0 Å². The van der Waals surface area contributed by atoms with Crippen molar-refractivity contribution in [3.05, 3.63) is 59.8 Å². The molecule has 3 rings (SSSR count). The Balaban J connectivity index is 2.10. The molecule has 3 aromatic rings. The fourth-order valence-corrected chi connectivity index (χ4v) is 2.89. The first kappa shape index (κ1) is 16.5. The SMILES string of the molecule is CC(C)(C)c1cc2ccc(OCCO)nc2n1Cc1ccccc1. The minimum atomic E-state index is -0.0159. The Morgan fingerprint density at radius 1 is 1.08 bits per heavy atom. The molecule has 4 heteroatoms. The third-order valence-corrected chi connectivity index (χ3v) is 4.01. The smallest absolute Gasteiger partial charge is 0.215 e. The lowest BCUT2D eigenvalue weighted by Crippen LogP contribution is -2.18. The molecule has 24 heavy (non-hydrogen) atoms. The molecule has 0 saturated heterocycles. The standard InChI is InChI=1S/C20H24N2O2/c1-20(2,3)17-13-16-9-10-18(24-12-11-23)21-19(16)22(17)14-15-7-5-4-6-8-15/h4-10,13,23H,11-12,14H2,1-3H3. The van der Waals surface area contributed by atoms with Gasteiger partial charge in [0.15, 0.2) is 0 Å². The van der Waals surface area contributed by atoms with Crippen molar-refractivity contribution < 1.29 is 9.84 Å². The van der Waals surface area contributed by atoms with Gasteiger partial charge in [-0.1, -0.05) is 51.1 Å². The van der Waals surface area contributed by atoms with E-state index in [0.29, 0.717) is 5.88 Å². The first-order valence-corrected chi connectivity index (χ1v) is 8.27. The second-order valence-electron chi connectivity index (χ2n) is 6.99. The van der Waals surface area contributed by atoms with Gasteiger partial charge in [0.2, 0.25) is 5.88 Å². The Labute approximate surface area is 142 Å². The van der Waals surface area contributed by atoms with E-state index >= 15 is 0 Å². The number of aliphatic hydroxyl groups excluding tert-OH is 1. The zero-order valence-electron chi connectivity index (χ0n) is 14.5. The molecule has 0 aliphatic rings. The van der Waals surface area contributed by atoms with Crippen LogP contribution in [-0.2, 0) is 12.0 Å². The number of hydrogen-bond donors (Lipinski definition) is 1. The van der Waals surface area contributed by atoms with Crippen LogP contribution in [-0.4, -0.2) is 27.9 Å². The lowest BCUT2D eigenvalue weighted by Gasteiger charge is -2.22. The molecular formula is C20H24N2O2. The van der Waals surface area contributed by atoms with E-state index in [9.17, 15) is 0 Å². The fraction of sp³-hybridized carbons (Fsp3) is 0.350. The molecule has 0 saturated carbocycles. The third-order valence-electron chi connectivity index (χ3n) is 4.01. The monoisotopic (exact) mass is 324 g/mol. The highest BCUT2D eigenvalue weighted by Crippen LogP contribution is 2.30. The first-order valence-electron chi connectivity index (χ1n) is 8.27. The van der Waals surface area contributed by atoms with Crippen molar-refractivity contribution in [2.45, 2.75) is 32.7 Å². The molecule has 0 unspecified atom stereocenters. The normalized spacial score (nSPS) is 11.8. The number of ether oxygens (including phenoxy) is 1. The van der Waals surface area contributed by atoms with Crippen molar-refractivity contribution in [3.8, 4) is 5.88 Å². The van der Waals surface area contributed by atoms with E-state index in [1.165, 1.54) is 11.3 Å². The summed E-state index contributed by atoms with van der Waals surface area (Å²) in [5.41, 5.74) is 3.41. The summed E-state index contributed by atoms with van der Waals surface area (Å²) in [6.07, 6.45) is 0. The number of hydrogen-bond acceptors (Lipinski definition) is 3. The van der Waals surface area contributed by atoms with E-state index in [-0.39, 0.29) is 18.6 Å². The van der Waals surface area contributed by atoms with Crippen LogP contribution in [0, 0.1) is 0 Å². The van der Waals surface area contributed by atoms with Crippen molar-refractivity contribution in [2.24, 2.45) is 0 Å². The van der Waals surface area contributed by atoms with E-state index in [2.05, 4.69) is 60.7 Å². The summed E-state index contributed by atoms with van der Waals surface area (Å²) >= 11 is 0. The van der Waals surface area contributed by atoms with Gasteiger partial charge in [-0.25, -0.2) is 0 Å². The molecule has 0 aliphatic heterocycles. The number of nitrogens with zero attached hydrogens (tertiary/aromatic N) is 2. The topological polar surface area (TPSA) is 47.3 Å². The minimum Gasteiger partial charge on any atom is -0.475 e. The Morgan fingerprint density at radius 3 is 2.50 bits per heavy atom. The second-order valence-corrected chi connectivity index (χ2v) is 6.99. The van der Waals surface area contributed by atoms with Crippen molar-refractivity contribution in [3.63, 3.8) is 0 Å². The molecule has 4 nitrogen and oxygen atoms in total. The van der Waals surface area contributed by atoms with Gasteiger partial charge < -0.3 is 14.4 Å². The molecule has 0 aliphatic carbocycles. The lowest BCUT2D eigenvalue weighted by atomic mass is 9.92. The Hall–Kier alpha value is -2.33. The molecule has 0 bridgehead atoms. The van der Waals surface area contributed by atoms with Crippen LogP contribution in [0.15, 0.2) is 48.5 Å². The van der Waals surface area contributed by atoms with Crippen molar-refractivity contribution in [1.82, 2.24) is 9.55 Å². The van der Waals surface area contributed by atoms with Gasteiger partial charge in [0.25, 0.3) is 0 Å². The molecule has 0 fully saturated rings. The van der Waals surface area contributed by atoms with Crippen LogP contribution in [0.3, 0.4) is 0 Å². The Morgan fingerprint density at radius 2 is 1.83 bits per heavy atom. The average Bonchev–Trinajstić information content (AvgIpc) is 2.92. The van der Waals surface area contributed by atoms with E-state index in [4.69, 9.17) is 9.84 Å². The summed E-state index contributed by atoms with van der Waals surface area (Å²) in [4.78, 5) is 4.67. The third kappa shape index (κ3) is 3.44. The Bertz CT molecular complexity index is 817. The second kappa shape index (κ2) is 6.65. The summed E-state index contributed by atoms with van der Waals surface area (Å²) in [5.74, 6) is 0.546. The van der Waals surface area contributed by atoms with Crippen LogP contribution in [0.1, 0.15) is 32.0 Å². The van der Waals surface area contributed by atoms with Gasteiger partial charge in [0.05, 0.1) is 6.61 Å². The van der Waals surface area contributed by atoms with Crippen molar-refractivity contribution in [2.75, 3.05) is 13.2 Å². The summed E-state index contributed by atoms with van der Waals surface area (Å²) in [7, 11) is 0. The molecule has 126 valence electrons. The molecular weight excluding hydrogens is 300 g/mol. The molecule has 2 aromatic heterocycles. The zero-order chi connectivity index (χ0) is 17.2. The Kier molecular flexibility index (Phi) is 4.58. The number of benzene rings is 1. The van der Waals surface area contributed by atoms with Crippen LogP contribution in [0.2, 0.25) is 0 Å². The van der Waals surface area contributed by atoms with Gasteiger partial charge in [-0.2, -0.15) is 4.98 Å². The van der Waals surface area contributed by atoms with Gasteiger partial charge in [-0.15, -0.1) is 0 Å². The van der Waals surface area contributed by atoms with Crippen LogP contribution in [0.4, 0.5) is 0 Å². The first-order chi connectivity index (χ1) is 11.5. The van der Waals surface area contributed by atoms with E-state index < -0.39 is 0 Å². The number of rotatable bonds is 5. The highest BCUT2D eigenvalue weighted by Gasteiger charge is 2.22. The van der Waals surface area contributed by atoms with Crippen LogP contribution >= 0.6 is 0 Å². The highest BCUT2D eigenvalue weighted by atomic mass is 16.5. The largest absolute Gasteiger partial charge is 0.475 e. The molecule has 0 atom stereocenters. The van der Waals surface area contributed by atoms with Crippen LogP contribution < -0.4 is 4.74 Å². The summed E-state index contributed by atoms with van der Waals surface area (Å²) in [6, 6.07) is 16.5. The summed E-state index contributed by atoms with van der Waals surface area (Å²) in [6.45, 7) is 7.65. The van der Waals surface area contributed by atoms with Gasteiger partial charge in [0, 0.05) is 29.1 Å². The van der Waals surface area contributed by atoms with Gasteiger partial charge >= 0.3 is 0 Å².